The fourth-order valence-corrected chi connectivity index (χ4v) is 3.04. The van der Waals surface area contributed by atoms with Gasteiger partial charge in [0.2, 0.25) is 0 Å². The Morgan fingerprint density at radius 3 is 2.36 bits per heavy atom. The Hall–Kier alpha value is -2.44. The molecule has 0 radical (unpaired) electrons. The number of hydrogen-bond donors (Lipinski definition) is 0. The van der Waals surface area contributed by atoms with Crippen LogP contribution in [0.5, 0.6) is 11.5 Å². The molecule has 7 heteroatoms. The minimum absolute atomic E-state index is 0.0300. The van der Waals surface area contributed by atoms with Gasteiger partial charge in [-0.25, -0.2) is 4.79 Å². The summed E-state index contributed by atoms with van der Waals surface area (Å²) in [4.78, 5) is 25.3. The van der Waals surface area contributed by atoms with Gasteiger partial charge in [0.15, 0.2) is 11.5 Å². The van der Waals surface area contributed by atoms with Gasteiger partial charge in [-0.3, -0.25) is 0 Å². The third-order valence-corrected chi connectivity index (χ3v) is 4.11. The number of hydrogen-bond acceptors (Lipinski definition) is 6. The summed E-state index contributed by atoms with van der Waals surface area (Å²) in [5, 5.41) is 11.6. The number of amides is 1. The number of nitrogens with zero attached hydrogens (tertiary/aromatic N) is 1. The molecule has 0 spiro atoms. The van der Waals surface area contributed by atoms with Crippen LogP contribution in [0, 0.1) is 5.92 Å². The molecule has 25 heavy (non-hydrogen) atoms. The van der Waals surface area contributed by atoms with Gasteiger partial charge in [-0.15, -0.1) is 0 Å². The predicted molar refractivity (Wildman–Crippen MR) is 88.6 cm³/mol. The number of aliphatic carboxylic acids is 1. The molecule has 1 aromatic carbocycles. The van der Waals surface area contributed by atoms with Crippen LogP contribution in [-0.2, 0) is 9.53 Å². The SMILES string of the molecule is COc1cccc([C@@H]2CN(C(=O)OC(C)(C)C)C[C@H]2C(=O)[O-])c1OC. The van der Waals surface area contributed by atoms with E-state index in [1.807, 2.05) is 0 Å². The van der Waals surface area contributed by atoms with Gasteiger partial charge in [-0.1, -0.05) is 12.1 Å². The summed E-state index contributed by atoms with van der Waals surface area (Å²) in [6.07, 6.45) is -0.539. The molecule has 1 aliphatic heterocycles. The van der Waals surface area contributed by atoms with Crippen LogP contribution in [0.15, 0.2) is 18.2 Å². The number of ether oxygens (including phenoxy) is 3. The molecule has 0 saturated carbocycles. The summed E-state index contributed by atoms with van der Waals surface area (Å²) in [5.41, 5.74) is 0.0156. The minimum Gasteiger partial charge on any atom is -0.550 e. The maximum absolute atomic E-state index is 12.3. The highest BCUT2D eigenvalue weighted by Gasteiger charge is 2.40. The Balaban J connectivity index is 2.34. The molecule has 1 fully saturated rings. The van der Waals surface area contributed by atoms with Crippen molar-refractivity contribution < 1.29 is 28.9 Å². The predicted octanol–water partition coefficient (Wildman–Crippen LogP) is 1.40. The van der Waals surface area contributed by atoms with Crippen LogP contribution in [0.2, 0.25) is 0 Å². The first-order chi connectivity index (χ1) is 11.7. The van der Waals surface area contributed by atoms with E-state index >= 15 is 0 Å². The van der Waals surface area contributed by atoms with Crippen molar-refractivity contribution in [2.75, 3.05) is 27.3 Å². The van der Waals surface area contributed by atoms with E-state index in [0.29, 0.717) is 17.1 Å². The second kappa shape index (κ2) is 7.21. The summed E-state index contributed by atoms with van der Waals surface area (Å²) < 4.78 is 16.0. The first-order valence-electron chi connectivity index (χ1n) is 8.07. The molecule has 1 amide bonds. The van der Waals surface area contributed by atoms with Crippen LogP contribution in [-0.4, -0.2) is 49.9 Å². The number of likely N-dealkylation sites (tertiary alicyclic amines) is 1. The molecule has 0 bridgehead atoms. The van der Waals surface area contributed by atoms with Gasteiger partial charge >= 0.3 is 6.09 Å². The monoisotopic (exact) mass is 350 g/mol. The van der Waals surface area contributed by atoms with Crippen molar-refractivity contribution in [3.63, 3.8) is 0 Å². The molecular formula is C18H24NO6-. The standard InChI is InChI=1S/C18H25NO6/c1-18(2,3)25-17(22)19-9-12(13(10-19)16(20)21)11-7-6-8-14(23-4)15(11)24-5/h6-8,12-13H,9-10H2,1-5H3,(H,20,21)/p-1/t12-,13+/m0/s1. The average molecular weight is 350 g/mol. The lowest BCUT2D eigenvalue weighted by Gasteiger charge is -2.24. The van der Waals surface area contributed by atoms with Crippen molar-refractivity contribution in [1.82, 2.24) is 4.90 Å². The average Bonchev–Trinajstić information content (AvgIpc) is 2.97. The first kappa shape index (κ1) is 18.9. The zero-order valence-electron chi connectivity index (χ0n) is 15.2. The highest BCUT2D eigenvalue weighted by Crippen LogP contribution is 2.41. The topological polar surface area (TPSA) is 88.1 Å². The molecule has 1 aliphatic rings. The van der Waals surface area contributed by atoms with Gasteiger partial charge in [0.05, 0.1) is 14.2 Å². The second-order valence-electron chi connectivity index (χ2n) is 7.00. The van der Waals surface area contributed by atoms with Crippen molar-refractivity contribution in [1.29, 1.82) is 0 Å². The first-order valence-corrected chi connectivity index (χ1v) is 8.07. The van der Waals surface area contributed by atoms with Crippen LogP contribution in [0.4, 0.5) is 4.79 Å². The van der Waals surface area contributed by atoms with Crippen molar-refractivity contribution >= 4 is 12.1 Å². The Morgan fingerprint density at radius 1 is 1.16 bits per heavy atom. The van der Waals surface area contributed by atoms with E-state index in [1.54, 1.807) is 39.0 Å². The van der Waals surface area contributed by atoms with E-state index in [0.717, 1.165) is 0 Å². The molecule has 138 valence electrons. The molecule has 0 N–H and O–H groups in total. The molecule has 1 heterocycles. The number of carbonyl (C=O) groups is 2. The van der Waals surface area contributed by atoms with E-state index < -0.39 is 29.5 Å². The smallest absolute Gasteiger partial charge is 0.410 e. The van der Waals surface area contributed by atoms with E-state index in [4.69, 9.17) is 14.2 Å². The fourth-order valence-electron chi connectivity index (χ4n) is 3.04. The molecule has 2 rings (SSSR count). The number of carbonyl (C=O) groups excluding carboxylic acids is 2. The number of carboxylic acids is 1. The van der Waals surface area contributed by atoms with Gasteiger partial charge in [0.25, 0.3) is 0 Å². The number of carboxylic acid groups (broad SMARTS) is 1. The van der Waals surface area contributed by atoms with Crippen molar-refractivity contribution in [2.24, 2.45) is 5.92 Å². The number of para-hydroxylation sites is 1. The summed E-state index contributed by atoms with van der Waals surface area (Å²) in [5.74, 6) is -1.56. The lowest BCUT2D eigenvalue weighted by Crippen LogP contribution is -2.38. The van der Waals surface area contributed by atoms with E-state index in [9.17, 15) is 14.7 Å². The van der Waals surface area contributed by atoms with Crippen LogP contribution in [0.1, 0.15) is 32.3 Å². The minimum atomic E-state index is -1.21. The summed E-state index contributed by atoms with van der Waals surface area (Å²) in [6.45, 7) is 5.53. The maximum atomic E-state index is 12.3. The van der Waals surface area contributed by atoms with Gasteiger partial charge in [0, 0.05) is 36.5 Å². The van der Waals surface area contributed by atoms with E-state index in [-0.39, 0.29) is 13.1 Å². The third kappa shape index (κ3) is 4.15. The van der Waals surface area contributed by atoms with Crippen molar-refractivity contribution in [2.45, 2.75) is 32.3 Å². The van der Waals surface area contributed by atoms with E-state index in [2.05, 4.69) is 0 Å². The maximum Gasteiger partial charge on any atom is 0.410 e. The van der Waals surface area contributed by atoms with Gasteiger partial charge in [-0.2, -0.15) is 0 Å². The molecule has 1 aromatic rings. The van der Waals surface area contributed by atoms with Gasteiger partial charge in [0.1, 0.15) is 5.60 Å². The molecular weight excluding hydrogens is 326 g/mol. The lowest BCUT2D eigenvalue weighted by atomic mass is 9.88. The third-order valence-electron chi connectivity index (χ3n) is 4.11. The zero-order chi connectivity index (χ0) is 18.8. The zero-order valence-corrected chi connectivity index (χ0v) is 15.2. The molecule has 2 atom stereocenters. The summed E-state index contributed by atoms with van der Waals surface area (Å²) >= 11 is 0. The Bertz CT molecular complexity index is 651. The number of methoxy groups -OCH3 is 2. The molecule has 0 aromatic heterocycles. The molecule has 0 unspecified atom stereocenters. The fraction of sp³-hybridized carbons (Fsp3) is 0.556. The van der Waals surface area contributed by atoms with Crippen LogP contribution in [0.3, 0.4) is 0 Å². The van der Waals surface area contributed by atoms with Gasteiger partial charge in [-0.05, 0) is 26.8 Å². The lowest BCUT2D eigenvalue weighted by molar-refractivity contribution is -0.311. The van der Waals surface area contributed by atoms with Crippen LogP contribution < -0.4 is 14.6 Å². The number of rotatable bonds is 4. The van der Waals surface area contributed by atoms with Crippen molar-refractivity contribution in [3.05, 3.63) is 23.8 Å². The summed E-state index contributed by atoms with van der Waals surface area (Å²) in [6, 6.07) is 5.27. The normalized spacial score (nSPS) is 20.3. The van der Waals surface area contributed by atoms with Crippen molar-refractivity contribution in [3.8, 4) is 11.5 Å². The largest absolute Gasteiger partial charge is 0.550 e. The molecule has 0 aliphatic carbocycles. The number of benzene rings is 1. The highest BCUT2D eigenvalue weighted by molar-refractivity contribution is 5.75. The molecule has 7 nitrogen and oxygen atoms in total. The van der Waals surface area contributed by atoms with E-state index in [1.165, 1.54) is 19.1 Å². The Labute approximate surface area is 147 Å². The second-order valence-corrected chi connectivity index (χ2v) is 7.00. The Kier molecular flexibility index (Phi) is 5.45. The van der Waals surface area contributed by atoms with Crippen LogP contribution in [0.25, 0.3) is 0 Å². The van der Waals surface area contributed by atoms with Gasteiger partial charge < -0.3 is 29.0 Å². The highest BCUT2D eigenvalue weighted by atomic mass is 16.6. The quantitative estimate of drug-likeness (QED) is 0.816. The Morgan fingerprint density at radius 2 is 1.84 bits per heavy atom. The van der Waals surface area contributed by atoms with Crippen LogP contribution >= 0.6 is 0 Å². The summed E-state index contributed by atoms with van der Waals surface area (Å²) in [7, 11) is 3.01. The molecule has 1 saturated heterocycles.